The van der Waals surface area contributed by atoms with Crippen molar-refractivity contribution in [1.82, 2.24) is 10.3 Å². The first-order chi connectivity index (χ1) is 13.6. The van der Waals surface area contributed by atoms with Crippen LogP contribution in [0.2, 0.25) is 0 Å². The standard InChI is InChI=1S/C21H18IN3O3/c22-17-4-6-19(7-5-17)28-14-20(26)24-13-15-2-1-3-18(12-15)25-21(27)16-8-10-23-11-9-16/h1-12H,13-14H2,(H,24,26)(H,25,27). The van der Waals surface area contributed by atoms with Gasteiger partial charge in [0.15, 0.2) is 6.61 Å². The Morgan fingerprint density at radius 1 is 1.00 bits per heavy atom. The van der Waals surface area contributed by atoms with E-state index in [4.69, 9.17) is 4.74 Å². The minimum atomic E-state index is -0.218. The van der Waals surface area contributed by atoms with E-state index in [1.807, 2.05) is 42.5 Å². The minimum absolute atomic E-state index is 0.0565. The van der Waals surface area contributed by atoms with Gasteiger partial charge in [-0.15, -0.1) is 0 Å². The number of carbonyl (C=O) groups excluding carboxylic acids is 2. The molecule has 1 heterocycles. The quantitative estimate of drug-likeness (QED) is 0.499. The number of aromatic nitrogens is 1. The lowest BCUT2D eigenvalue weighted by Gasteiger charge is -2.10. The van der Waals surface area contributed by atoms with Gasteiger partial charge in [-0.1, -0.05) is 12.1 Å². The van der Waals surface area contributed by atoms with Crippen molar-refractivity contribution < 1.29 is 14.3 Å². The summed E-state index contributed by atoms with van der Waals surface area (Å²) in [5, 5.41) is 5.64. The van der Waals surface area contributed by atoms with E-state index in [0.29, 0.717) is 23.5 Å². The zero-order valence-corrected chi connectivity index (χ0v) is 17.0. The molecule has 0 unspecified atom stereocenters. The van der Waals surface area contributed by atoms with Gasteiger partial charge in [-0.3, -0.25) is 14.6 Å². The molecular formula is C21H18IN3O3. The lowest BCUT2D eigenvalue weighted by molar-refractivity contribution is -0.123. The number of nitrogens with zero attached hydrogens (tertiary/aromatic N) is 1. The molecular weight excluding hydrogens is 469 g/mol. The summed E-state index contributed by atoms with van der Waals surface area (Å²) >= 11 is 2.21. The first kappa shape index (κ1) is 19.8. The molecule has 0 bridgehead atoms. The molecule has 142 valence electrons. The van der Waals surface area contributed by atoms with Gasteiger partial charge in [-0.25, -0.2) is 0 Å². The van der Waals surface area contributed by atoms with E-state index < -0.39 is 0 Å². The van der Waals surface area contributed by atoms with E-state index >= 15 is 0 Å². The molecule has 3 aromatic rings. The number of halogens is 1. The van der Waals surface area contributed by atoms with Crippen LogP contribution in [0.1, 0.15) is 15.9 Å². The average Bonchev–Trinajstić information content (AvgIpc) is 2.73. The van der Waals surface area contributed by atoms with Crippen LogP contribution in [0, 0.1) is 3.57 Å². The summed E-state index contributed by atoms with van der Waals surface area (Å²) in [7, 11) is 0. The van der Waals surface area contributed by atoms with Gasteiger partial charge in [0, 0.05) is 33.8 Å². The monoisotopic (exact) mass is 487 g/mol. The number of carbonyl (C=O) groups is 2. The number of pyridine rings is 1. The second-order valence-electron chi connectivity index (χ2n) is 5.91. The molecule has 2 amide bonds. The van der Waals surface area contributed by atoms with Gasteiger partial charge < -0.3 is 15.4 Å². The Morgan fingerprint density at radius 2 is 1.75 bits per heavy atom. The lowest BCUT2D eigenvalue weighted by Crippen LogP contribution is -2.28. The maximum atomic E-state index is 12.2. The average molecular weight is 487 g/mol. The van der Waals surface area contributed by atoms with E-state index in [1.165, 1.54) is 0 Å². The number of hydrogen-bond donors (Lipinski definition) is 2. The van der Waals surface area contributed by atoms with Crippen LogP contribution in [0.25, 0.3) is 0 Å². The fraction of sp³-hybridized carbons (Fsp3) is 0.0952. The van der Waals surface area contributed by atoms with Crippen molar-refractivity contribution in [3.05, 3.63) is 87.8 Å². The highest BCUT2D eigenvalue weighted by Crippen LogP contribution is 2.14. The third-order valence-corrected chi connectivity index (χ3v) is 4.52. The number of nitrogens with one attached hydrogen (secondary N) is 2. The normalized spacial score (nSPS) is 10.2. The van der Waals surface area contributed by atoms with Gasteiger partial charge >= 0.3 is 0 Å². The molecule has 0 spiro atoms. The molecule has 0 saturated carbocycles. The second-order valence-corrected chi connectivity index (χ2v) is 7.16. The molecule has 28 heavy (non-hydrogen) atoms. The van der Waals surface area contributed by atoms with Crippen LogP contribution in [0.15, 0.2) is 73.1 Å². The van der Waals surface area contributed by atoms with Gasteiger partial charge in [0.2, 0.25) is 0 Å². The largest absolute Gasteiger partial charge is 0.484 e. The Labute approximate surface area is 176 Å². The summed E-state index contributed by atoms with van der Waals surface area (Å²) in [6.07, 6.45) is 3.14. The van der Waals surface area contributed by atoms with Crippen molar-refractivity contribution in [1.29, 1.82) is 0 Å². The molecule has 0 atom stereocenters. The van der Waals surface area contributed by atoms with Crippen molar-refractivity contribution in [3.8, 4) is 5.75 Å². The van der Waals surface area contributed by atoms with Crippen LogP contribution in [0.5, 0.6) is 5.75 Å². The molecule has 0 radical (unpaired) electrons. The zero-order valence-electron chi connectivity index (χ0n) is 14.9. The van der Waals surface area contributed by atoms with Crippen LogP contribution in [0.3, 0.4) is 0 Å². The Kier molecular flexibility index (Phi) is 6.96. The molecule has 7 heteroatoms. The predicted octanol–water partition coefficient (Wildman–Crippen LogP) is 3.63. The summed E-state index contributed by atoms with van der Waals surface area (Å²) < 4.78 is 6.56. The van der Waals surface area contributed by atoms with Gasteiger partial charge in [0.1, 0.15) is 5.75 Å². The van der Waals surface area contributed by atoms with Crippen molar-refractivity contribution in [2.45, 2.75) is 6.54 Å². The SMILES string of the molecule is O=C(COc1ccc(I)cc1)NCc1cccc(NC(=O)c2ccncc2)c1. The van der Waals surface area contributed by atoms with E-state index in [0.717, 1.165) is 9.13 Å². The fourth-order valence-electron chi connectivity index (χ4n) is 2.40. The third-order valence-electron chi connectivity index (χ3n) is 3.80. The van der Waals surface area contributed by atoms with Crippen LogP contribution in [-0.2, 0) is 11.3 Å². The Morgan fingerprint density at radius 3 is 2.50 bits per heavy atom. The summed E-state index contributed by atoms with van der Waals surface area (Å²) in [6.45, 7) is 0.285. The molecule has 2 N–H and O–H groups in total. The number of anilines is 1. The summed E-state index contributed by atoms with van der Waals surface area (Å²) in [6, 6.07) is 18.1. The Bertz CT molecular complexity index is 947. The van der Waals surface area contributed by atoms with Gasteiger partial charge in [0.05, 0.1) is 0 Å². The van der Waals surface area contributed by atoms with E-state index in [2.05, 4.69) is 38.2 Å². The smallest absolute Gasteiger partial charge is 0.258 e. The summed E-state index contributed by atoms with van der Waals surface area (Å²) in [5.74, 6) is 0.218. The summed E-state index contributed by atoms with van der Waals surface area (Å²) in [4.78, 5) is 28.1. The first-order valence-electron chi connectivity index (χ1n) is 8.55. The Hall–Kier alpha value is -2.94. The van der Waals surface area contributed by atoms with E-state index in [-0.39, 0.29) is 18.4 Å². The zero-order chi connectivity index (χ0) is 19.8. The van der Waals surface area contributed by atoms with Crippen molar-refractivity contribution in [3.63, 3.8) is 0 Å². The van der Waals surface area contributed by atoms with Gasteiger partial charge in [-0.2, -0.15) is 0 Å². The van der Waals surface area contributed by atoms with Gasteiger partial charge in [0.25, 0.3) is 11.8 Å². The van der Waals surface area contributed by atoms with Crippen LogP contribution in [0.4, 0.5) is 5.69 Å². The number of benzene rings is 2. The van der Waals surface area contributed by atoms with Crippen molar-refractivity contribution in [2.24, 2.45) is 0 Å². The van der Waals surface area contributed by atoms with Crippen LogP contribution >= 0.6 is 22.6 Å². The molecule has 0 saturated heterocycles. The fourth-order valence-corrected chi connectivity index (χ4v) is 2.76. The molecule has 6 nitrogen and oxygen atoms in total. The number of rotatable bonds is 7. The lowest BCUT2D eigenvalue weighted by atomic mass is 10.2. The first-order valence-corrected chi connectivity index (χ1v) is 9.63. The van der Waals surface area contributed by atoms with Gasteiger partial charge in [-0.05, 0) is 76.7 Å². The maximum Gasteiger partial charge on any atom is 0.258 e. The topological polar surface area (TPSA) is 80.3 Å². The highest BCUT2D eigenvalue weighted by Gasteiger charge is 2.07. The Balaban J connectivity index is 1.49. The molecule has 0 aliphatic rings. The molecule has 0 aliphatic carbocycles. The van der Waals surface area contributed by atoms with Crippen molar-refractivity contribution >= 4 is 40.1 Å². The van der Waals surface area contributed by atoms with Crippen LogP contribution in [-0.4, -0.2) is 23.4 Å². The molecule has 0 aliphatic heterocycles. The maximum absolute atomic E-state index is 12.2. The molecule has 0 fully saturated rings. The molecule has 3 rings (SSSR count). The van der Waals surface area contributed by atoms with E-state index in [9.17, 15) is 9.59 Å². The minimum Gasteiger partial charge on any atom is -0.484 e. The second kappa shape index (κ2) is 9.84. The highest BCUT2D eigenvalue weighted by atomic mass is 127. The third kappa shape index (κ3) is 6.05. The number of ether oxygens (including phenoxy) is 1. The van der Waals surface area contributed by atoms with Crippen LogP contribution < -0.4 is 15.4 Å². The molecule has 1 aromatic heterocycles. The molecule has 2 aromatic carbocycles. The highest BCUT2D eigenvalue weighted by molar-refractivity contribution is 14.1. The summed E-state index contributed by atoms with van der Waals surface area (Å²) in [5.41, 5.74) is 2.06. The number of amides is 2. The van der Waals surface area contributed by atoms with E-state index in [1.54, 1.807) is 30.6 Å². The predicted molar refractivity (Wildman–Crippen MR) is 115 cm³/mol. The number of hydrogen-bond acceptors (Lipinski definition) is 4. The van der Waals surface area contributed by atoms with Crippen molar-refractivity contribution in [2.75, 3.05) is 11.9 Å².